The molecule has 0 fully saturated rings. The summed E-state index contributed by atoms with van der Waals surface area (Å²) in [6, 6.07) is 6.22. The number of fused-ring (bicyclic) bond motifs is 2. The van der Waals surface area contributed by atoms with Gasteiger partial charge in [-0.05, 0) is 37.0 Å². The molecular formula is C20H18N4O6S. The first-order valence-corrected chi connectivity index (χ1v) is 10.3. The summed E-state index contributed by atoms with van der Waals surface area (Å²) < 4.78 is 5.75. The Bertz CT molecular complexity index is 1340. The molecule has 11 heteroatoms. The second kappa shape index (κ2) is 8.19. The molecule has 10 nitrogen and oxygen atoms in total. The van der Waals surface area contributed by atoms with E-state index in [-0.39, 0.29) is 10.8 Å². The summed E-state index contributed by atoms with van der Waals surface area (Å²) in [5.41, 5.74) is 5.54. The van der Waals surface area contributed by atoms with E-state index in [9.17, 15) is 24.0 Å². The standard InChI is InChI=1S/C20H18N4O6S/c21-17(27)16-12-6-3-7-13(12)31-19(16)22-14(25)9-30-15(26)8-24-20(29)11-5-2-1-4-10(11)18(28)23-24/h1-2,4-5H,3,6-9H2,(H2,21,27)(H,22,25)(H,23,28). The van der Waals surface area contributed by atoms with E-state index in [1.807, 2.05) is 0 Å². The minimum atomic E-state index is -0.882. The highest BCUT2D eigenvalue weighted by Crippen LogP contribution is 2.38. The molecule has 3 aromatic rings. The van der Waals surface area contributed by atoms with Crippen LogP contribution in [0.15, 0.2) is 33.9 Å². The zero-order valence-corrected chi connectivity index (χ0v) is 17.0. The van der Waals surface area contributed by atoms with E-state index in [0.29, 0.717) is 10.6 Å². The zero-order chi connectivity index (χ0) is 22.1. The molecule has 2 amide bonds. The van der Waals surface area contributed by atoms with Gasteiger partial charge in [-0.2, -0.15) is 0 Å². The lowest BCUT2D eigenvalue weighted by Crippen LogP contribution is -2.33. The second-order valence-electron chi connectivity index (χ2n) is 7.01. The van der Waals surface area contributed by atoms with Gasteiger partial charge in [0.25, 0.3) is 22.9 Å². The molecule has 0 unspecified atom stereocenters. The molecule has 1 aliphatic carbocycles. The Morgan fingerprint density at radius 3 is 2.65 bits per heavy atom. The number of thiophene rings is 1. The number of carbonyl (C=O) groups is 3. The number of nitrogens with two attached hydrogens (primary N) is 1. The zero-order valence-electron chi connectivity index (χ0n) is 16.2. The number of aromatic amines is 1. The van der Waals surface area contributed by atoms with Crippen molar-refractivity contribution in [2.45, 2.75) is 25.8 Å². The van der Waals surface area contributed by atoms with Crippen LogP contribution >= 0.6 is 11.3 Å². The van der Waals surface area contributed by atoms with Gasteiger partial charge in [-0.25, -0.2) is 4.68 Å². The number of hydrogen-bond acceptors (Lipinski definition) is 7. The third kappa shape index (κ3) is 3.99. The SMILES string of the molecule is NC(=O)c1c(NC(=O)COC(=O)Cn2[nH]c(=O)c3ccccc3c2=O)sc2c1CCC2. The fourth-order valence-electron chi connectivity index (χ4n) is 3.59. The number of ether oxygens (including phenoxy) is 1. The van der Waals surface area contributed by atoms with E-state index in [0.717, 1.165) is 34.4 Å². The first-order chi connectivity index (χ1) is 14.8. The number of amides is 2. The average molecular weight is 442 g/mol. The normalized spacial score (nSPS) is 12.5. The fraction of sp³-hybridized carbons (Fsp3) is 0.250. The maximum atomic E-state index is 12.4. The average Bonchev–Trinajstić information content (AvgIpc) is 3.31. The number of nitrogens with zero attached hydrogens (tertiary/aromatic N) is 1. The Hall–Kier alpha value is -3.73. The molecule has 0 atom stereocenters. The van der Waals surface area contributed by atoms with Crippen LogP contribution in [0.25, 0.3) is 10.8 Å². The Morgan fingerprint density at radius 1 is 1.16 bits per heavy atom. The summed E-state index contributed by atoms with van der Waals surface area (Å²) in [4.78, 5) is 61.6. The molecule has 0 radical (unpaired) electrons. The van der Waals surface area contributed by atoms with Crippen molar-refractivity contribution in [3.8, 4) is 0 Å². The lowest BCUT2D eigenvalue weighted by Gasteiger charge is -2.09. The molecule has 0 saturated carbocycles. The smallest absolute Gasteiger partial charge is 0.328 e. The van der Waals surface area contributed by atoms with Crippen LogP contribution in [0.2, 0.25) is 0 Å². The van der Waals surface area contributed by atoms with Crippen LogP contribution in [-0.4, -0.2) is 34.2 Å². The highest BCUT2D eigenvalue weighted by Gasteiger charge is 2.26. The molecule has 2 aromatic heterocycles. The van der Waals surface area contributed by atoms with E-state index >= 15 is 0 Å². The molecule has 0 saturated heterocycles. The third-order valence-corrected chi connectivity index (χ3v) is 6.16. The number of esters is 1. The maximum Gasteiger partial charge on any atom is 0.328 e. The summed E-state index contributed by atoms with van der Waals surface area (Å²) in [6.45, 7) is -1.18. The van der Waals surface area contributed by atoms with Gasteiger partial charge in [-0.3, -0.25) is 29.1 Å². The molecule has 2 heterocycles. The number of primary amides is 1. The largest absolute Gasteiger partial charge is 0.454 e. The van der Waals surface area contributed by atoms with Crippen LogP contribution in [0.5, 0.6) is 0 Å². The van der Waals surface area contributed by atoms with Crippen molar-refractivity contribution < 1.29 is 19.1 Å². The molecule has 1 aliphatic rings. The predicted molar refractivity (Wildman–Crippen MR) is 113 cm³/mol. The highest BCUT2D eigenvalue weighted by atomic mass is 32.1. The van der Waals surface area contributed by atoms with Crippen molar-refractivity contribution in [2.75, 3.05) is 11.9 Å². The van der Waals surface area contributed by atoms with Gasteiger partial charge < -0.3 is 15.8 Å². The van der Waals surface area contributed by atoms with Crippen LogP contribution < -0.4 is 22.2 Å². The van der Waals surface area contributed by atoms with Crippen LogP contribution in [-0.2, 0) is 33.7 Å². The van der Waals surface area contributed by atoms with Gasteiger partial charge in [-0.1, -0.05) is 12.1 Å². The Balaban J connectivity index is 1.41. The van der Waals surface area contributed by atoms with Gasteiger partial charge in [-0.15, -0.1) is 11.3 Å². The number of anilines is 1. The van der Waals surface area contributed by atoms with E-state index in [2.05, 4.69) is 10.4 Å². The third-order valence-electron chi connectivity index (χ3n) is 4.96. The molecule has 0 aliphatic heterocycles. The van der Waals surface area contributed by atoms with E-state index in [1.165, 1.54) is 23.5 Å². The van der Waals surface area contributed by atoms with Gasteiger partial charge >= 0.3 is 5.97 Å². The highest BCUT2D eigenvalue weighted by molar-refractivity contribution is 7.17. The molecule has 4 rings (SSSR count). The Kier molecular flexibility index (Phi) is 5.42. The van der Waals surface area contributed by atoms with E-state index in [1.54, 1.807) is 12.1 Å². The van der Waals surface area contributed by atoms with Crippen LogP contribution in [0.3, 0.4) is 0 Å². The summed E-state index contributed by atoms with van der Waals surface area (Å²) in [6.07, 6.45) is 2.49. The van der Waals surface area contributed by atoms with Gasteiger partial charge in [0.2, 0.25) is 0 Å². The van der Waals surface area contributed by atoms with Crippen molar-refractivity contribution >= 4 is 44.9 Å². The van der Waals surface area contributed by atoms with E-state index < -0.39 is 42.1 Å². The number of H-pyrrole nitrogens is 1. The minimum absolute atomic E-state index is 0.168. The molecule has 31 heavy (non-hydrogen) atoms. The number of aryl methyl sites for hydroxylation is 1. The van der Waals surface area contributed by atoms with Crippen molar-refractivity contribution in [2.24, 2.45) is 5.73 Å². The number of benzene rings is 1. The van der Waals surface area contributed by atoms with Crippen LogP contribution in [0.1, 0.15) is 27.2 Å². The Labute approximate surface area is 178 Å². The van der Waals surface area contributed by atoms with Gasteiger partial charge in [0.1, 0.15) is 11.5 Å². The van der Waals surface area contributed by atoms with Gasteiger partial charge in [0, 0.05) is 4.88 Å². The number of nitrogens with one attached hydrogen (secondary N) is 2. The van der Waals surface area contributed by atoms with Crippen molar-refractivity contribution in [3.63, 3.8) is 0 Å². The Morgan fingerprint density at radius 2 is 1.90 bits per heavy atom. The summed E-state index contributed by atoms with van der Waals surface area (Å²) in [7, 11) is 0. The molecule has 0 bridgehead atoms. The van der Waals surface area contributed by atoms with Crippen molar-refractivity contribution in [3.05, 3.63) is 61.0 Å². The van der Waals surface area contributed by atoms with Crippen molar-refractivity contribution in [1.82, 2.24) is 9.78 Å². The summed E-state index contributed by atoms with van der Waals surface area (Å²) in [5, 5.41) is 5.60. The lowest BCUT2D eigenvalue weighted by molar-refractivity contribution is -0.148. The molecule has 1 aromatic carbocycles. The predicted octanol–water partition coefficient (Wildman–Crippen LogP) is 0.521. The molecule has 4 N–H and O–H groups in total. The van der Waals surface area contributed by atoms with Gasteiger partial charge in [0.05, 0.1) is 16.3 Å². The lowest BCUT2D eigenvalue weighted by atomic mass is 10.1. The number of rotatable bonds is 6. The maximum absolute atomic E-state index is 12.4. The number of aromatic nitrogens is 2. The number of carbonyl (C=O) groups excluding carboxylic acids is 3. The number of hydrogen-bond donors (Lipinski definition) is 3. The van der Waals surface area contributed by atoms with Crippen LogP contribution in [0, 0.1) is 0 Å². The first kappa shape index (κ1) is 20.5. The summed E-state index contributed by atoms with van der Waals surface area (Å²) >= 11 is 1.29. The molecule has 160 valence electrons. The second-order valence-corrected chi connectivity index (χ2v) is 8.12. The van der Waals surface area contributed by atoms with Gasteiger partial charge in [0.15, 0.2) is 6.61 Å². The van der Waals surface area contributed by atoms with Crippen LogP contribution in [0.4, 0.5) is 5.00 Å². The quantitative estimate of drug-likeness (QED) is 0.473. The summed E-state index contributed by atoms with van der Waals surface area (Å²) in [5.74, 6) is -2.14. The first-order valence-electron chi connectivity index (χ1n) is 9.47. The molecule has 0 spiro atoms. The topological polar surface area (TPSA) is 153 Å². The fourth-order valence-corrected chi connectivity index (χ4v) is 4.91. The van der Waals surface area contributed by atoms with Crippen molar-refractivity contribution in [1.29, 1.82) is 0 Å². The minimum Gasteiger partial charge on any atom is -0.454 e. The van der Waals surface area contributed by atoms with E-state index in [4.69, 9.17) is 10.5 Å². The molecular weight excluding hydrogens is 424 g/mol. The monoisotopic (exact) mass is 442 g/mol.